The Kier molecular flexibility index (Phi) is 4.65. The van der Waals surface area contributed by atoms with Crippen LogP contribution in [0, 0.1) is 0 Å². The van der Waals surface area contributed by atoms with Gasteiger partial charge in [0.05, 0.1) is 19.4 Å². The van der Waals surface area contributed by atoms with Gasteiger partial charge in [-0.15, -0.1) is 0 Å². The van der Waals surface area contributed by atoms with Gasteiger partial charge < -0.3 is 9.64 Å². The van der Waals surface area contributed by atoms with Crippen LogP contribution >= 0.6 is 0 Å². The van der Waals surface area contributed by atoms with Gasteiger partial charge in [-0.2, -0.15) is 0 Å². The van der Waals surface area contributed by atoms with Crippen molar-refractivity contribution in [3.8, 4) is 0 Å². The zero-order chi connectivity index (χ0) is 17.1. The summed E-state index contributed by atoms with van der Waals surface area (Å²) in [6.45, 7) is 1.98. The lowest BCUT2D eigenvalue weighted by Crippen LogP contribution is -2.45. The predicted molar refractivity (Wildman–Crippen MR) is 92.9 cm³/mol. The van der Waals surface area contributed by atoms with Gasteiger partial charge in [0, 0.05) is 11.7 Å². The summed E-state index contributed by atoms with van der Waals surface area (Å²) >= 11 is 0. The van der Waals surface area contributed by atoms with Gasteiger partial charge in [0.2, 0.25) is 5.91 Å². The van der Waals surface area contributed by atoms with Crippen LogP contribution in [-0.4, -0.2) is 25.0 Å². The lowest BCUT2D eigenvalue weighted by molar-refractivity contribution is -0.143. The highest BCUT2D eigenvalue weighted by Crippen LogP contribution is 2.39. The molecule has 0 radical (unpaired) electrons. The number of hydrogen-bond acceptors (Lipinski definition) is 3. The molecule has 3 rings (SSSR count). The predicted octanol–water partition coefficient (Wildman–Crippen LogP) is 3.31. The molecule has 2 aromatic carbocycles. The van der Waals surface area contributed by atoms with Crippen molar-refractivity contribution in [1.29, 1.82) is 0 Å². The molecule has 2 unspecified atom stereocenters. The number of fused-ring (bicyclic) bond motifs is 1. The van der Waals surface area contributed by atoms with E-state index in [-0.39, 0.29) is 23.8 Å². The molecular formula is C20H21NO3. The third kappa shape index (κ3) is 3.04. The smallest absolute Gasteiger partial charge is 0.313 e. The molecule has 0 aromatic heterocycles. The second kappa shape index (κ2) is 6.87. The van der Waals surface area contributed by atoms with Gasteiger partial charge in [-0.25, -0.2) is 0 Å². The molecule has 0 saturated carbocycles. The monoisotopic (exact) mass is 323 g/mol. The molecule has 124 valence electrons. The number of benzene rings is 2. The van der Waals surface area contributed by atoms with E-state index in [1.165, 1.54) is 7.11 Å². The molecule has 0 saturated heterocycles. The van der Waals surface area contributed by atoms with E-state index in [4.69, 9.17) is 4.74 Å². The normalized spacial score (nSPS) is 19.5. The van der Waals surface area contributed by atoms with Gasteiger partial charge in [0.25, 0.3) is 0 Å². The highest BCUT2D eigenvalue weighted by Gasteiger charge is 2.37. The molecule has 1 aliphatic rings. The van der Waals surface area contributed by atoms with E-state index in [1.807, 2.05) is 66.4 Å². The average molecular weight is 323 g/mol. The molecule has 1 heterocycles. The first-order valence-electron chi connectivity index (χ1n) is 8.14. The number of carbonyl (C=O) groups excluding carboxylic acids is 2. The van der Waals surface area contributed by atoms with Crippen LogP contribution in [0.15, 0.2) is 54.6 Å². The Bertz CT molecular complexity index is 742. The lowest BCUT2D eigenvalue weighted by Gasteiger charge is -2.38. The molecule has 2 atom stereocenters. The van der Waals surface area contributed by atoms with Crippen molar-refractivity contribution in [2.75, 3.05) is 12.0 Å². The van der Waals surface area contributed by atoms with E-state index in [0.717, 1.165) is 16.8 Å². The van der Waals surface area contributed by atoms with Gasteiger partial charge in [-0.1, -0.05) is 48.5 Å². The number of amides is 1. The van der Waals surface area contributed by atoms with Crippen LogP contribution < -0.4 is 4.90 Å². The largest absolute Gasteiger partial charge is 0.469 e. The van der Waals surface area contributed by atoms with Crippen molar-refractivity contribution in [3.05, 3.63) is 65.7 Å². The zero-order valence-corrected chi connectivity index (χ0v) is 13.9. The summed E-state index contributed by atoms with van der Waals surface area (Å²) in [6.07, 6.45) is 0.923. The first kappa shape index (κ1) is 16.2. The summed E-state index contributed by atoms with van der Waals surface area (Å²) in [6, 6.07) is 17.3. The Balaban J connectivity index is 1.93. The van der Waals surface area contributed by atoms with Crippen LogP contribution in [0.25, 0.3) is 0 Å². The standard InChI is InChI=1S/C20H21NO3/c1-14-12-17(20(23)24-2)16-10-6-7-11-18(16)21(14)19(22)13-15-8-4-3-5-9-15/h3-11,14,17H,12-13H2,1-2H3. The maximum atomic E-state index is 12.9. The molecule has 0 fully saturated rings. The Morgan fingerprint density at radius 3 is 2.46 bits per heavy atom. The number of nitrogens with zero attached hydrogens (tertiary/aromatic N) is 1. The minimum Gasteiger partial charge on any atom is -0.469 e. The fraction of sp³-hybridized carbons (Fsp3) is 0.300. The van der Waals surface area contributed by atoms with Crippen LogP contribution in [0.2, 0.25) is 0 Å². The maximum absolute atomic E-state index is 12.9. The van der Waals surface area contributed by atoms with Crippen molar-refractivity contribution in [1.82, 2.24) is 0 Å². The molecule has 0 spiro atoms. The Hall–Kier alpha value is -2.62. The van der Waals surface area contributed by atoms with Crippen LogP contribution in [0.4, 0.5) is 5.69 Å². The number of anilines is 1. The van der Waals surface area contributed by atoms with Crippen LogP contribution in [0.3, 0.4) is 0 Å². The third-order valence-electron chi connectivity index (χ3n) is 4.54. The minimum absolute atomic E-state index is 0.0458. The Morgan fingerprint density at radius 1 is 1.08 bits per heavy atom. The number of ether oxygens (including phenoxy) is 1. The summed E-state index contributed by atoms with van der Waals surface area (Å²) in [5.41, 5.74) is 2.67. The molecule has 1 amide bonds. The minimum atomic E-state index is -0.318. The van der Waals surface area contributed by atoms with E-state index in [1.54, 1.807) is 0 Å². The fourth-order valence-electron chi connectivity index (χ4n) is 3.41. The highest BCUT2D eigenvalue weighted by atomic mass is 16.5. The molecule has 4 heteroatoms. The van der Waals surface area contributed by atoms with Crippen LogP contribution in [0.5, 0.6) is 0 Å². The topological polar surface area (TPSA) is 46.6 Å². The van der Waals surface area contributed by atoms with E-state index in [2.05, 4.69) is 0 Å². The van der Waals surface area contributed by atoms with Gasteiger partial charge in [-0.05, 0) is 30.5 Å². The first-order valence-corrected chi connectivity index (χ1v) is 8.14. The average Bonchev–Trinajstić information content (AvgIpc) is 2.61. The molecule has 0 N–H and O–H groups in total. The molecule has 0 bridgehead atoms. The van der Waals surface area contributed by atoms with Gasteiger partial charge in [0.1, 0.15) is 0 Å². The number of rotatable bonds is 3. The van der Waals surface area contributed by atoms with Crippen molar-refractivity contribution in [3.63, 3.8) is 0 Å². The number of para-hydroxylation sites is 1. The van der Waals surface area contributed by atoms with E-state index < -0.39 is 0 Å². The van der Waals surface area contributed by atoms with Crippen molar-refractivity contribution >= 4 is 17.6 Å². The molecule has 1 aliphatic heterocycles. The first-order chi connectivity index (χ1) is 11.6. The third-order valence-corrected chi connectivity index (χ3v) is 4.54. The summed E-state index contributed by atoms with van der Waals surface area (Å²) in [5, 5.41) is 0. The highest BCUT2D eigenvalue weighted by molar-refractivity contribution is 5.98. The summed E-state index contributed by atoms with van der Waals surface area (Å²) in [7, 11) is 1.41. The Labute approximate surface area is 142 Å². The molecule has 24 heavy (non-hydrogen) atoms. The fourth-order valence-corrected chi connectivity index (χ4v) is 3.41. The molecule has 4 nitrogen and oxygen atoms in total. The van der Waals surface area contributed by atoms with Gasteiger partial charge in [0.15, 0.2) is 0 Å². The van der Waals surface area contributed by atoms with E-state index >= 15 is 0 Å². The maximum Gasteiger partial charge on any atom is 0.313 e. The van der Waals surface area contributed by atoms with E-state index in [0.29, 0.717) is 12.8 Å². The summed E-state index contributed by atoms with van der Waals surface area (Å²) in [4.78, 5) is 26.8. The quantitative estimate of drug-likeness (QED) is 0.814. The summed E-state index contributed by atoms with van der Waals surface area (Å²) in [5.74, 6) is -0.518. The number of hydrogen-bond donors (Lipinski definition) is 0. The van der Waals surface area contributed by atoms with Gasteiger partial charge >= 0.3 is 5.97 Å². The van der Waals surface area contributed by atoms with Crippen LogP contribution in [0.1, 0.15) is 30.4 Å². The molecular weight excluding hydrogens is 302 g/mol. The van der Waals surface area contributed by atoms with Crippen molar-refractivity contribution in [2.45, 2.75) is 31.7 Å². The van der Waals surface area contributed by atoms with Crippen LogP contribution in [-0.2, 0) is 20.7 Å². The molecule has 0 aliphatic carbocycles. The zero-order valence-electron chi connectivity index (χ0n) is 13.9. The Morgan fingerprint density at radius 2 is 1.75 bits per heavy atom. The number of methoxy groups -OCH3 is 1. The molecule has 2 aromatic rings. The SMILES string of the molecule is COC(=O)C1CC(C)N(C(=O)Cc2ccccc2)c2ccccc21. The number of esters is 1. The number of carbonyl (C=O) groups is 2. The van der Waals surface area contributed by atoms with E-state index in [9.17, 15) is 9.59 Å². The van der Waals surface area contributed by atoms with Crippen molar-refractivity contribution in [2.24, 2.45) is 0 Å². The van der Waals surface area contributed by atoms with Crippen molar-refractivity contribution < 1.29 is 14.3 Å². The lowest BCUT2D eigenvalue weighted by atomic mass is 9.85. The van der Waals surface area contributed by atoms with Gasteiger partial charge in [-0.3, -0.25) is 9.59 Å². The second-order valence-electron chi connectivity index (χ2n) is 6.15. The second-order valence-corrected chi connectivity index (χ2v) is 6.15. The summed E-state index contributed by atoms with van der Waals surface area (Å²) < 4.78 is 4.94.